The topological polar surface area (TPSA) is 53.4 Å². The number of aromatic hydroxyl groups is 2. The number of benzene rings is 4. The van der Waals surface area contributed by atoms with Crippen molar-refractivity contribution in [2.45, 2.75) is 129 Å². The minimum atomic E-state index is 0.00596. The lowest BCUT2D eigenvalue weighted by molar-refractivity contribution is -0.110. The van der Waals surface area contributed by atoms with Crippen molar-refractivity contribution in [3.05, 3.63) is 113 Å². The number of hydrogen-bond donors (Lipinski definition) is 2. The van der Waals surface area contributed by atoms with Gasteiger partial charge in [-0.25, -0.2) is 4.98 Å². The van der Waals surface area contributed by atoms with Crippen molar-refractivity contribution in [3.8, 4) is 54.9 Å². The Morgan fingerprint density at radius 3 is 1.27 bits per heavy atom. The summed E-state index contributed by atoms with van der Waals surface area (Å²) < 4.78 is 2.39. The van der Waals surface area contributed by atoms with Crippen LogP contribution in [0.5, 0.6) is 11.5 Å². The monoisotopic (exact) mass is 879 g/mol. The van der Waals surface area contributed by atoms with E-state index < -0.39 is 0 Å². The highest BCUT2D eigenvalue weighted by Gasteiger charge is 2.62. The Morgan fingerprint density at radius 2 is 0.875 bits per heavy atom. The Labute approximate surface area is 387 Å². The maximum atomic E-state index is 12.8. The standard InChI is InChI=1S/C59H61NO2S2/c1-34-18-40(50(61)42(20-34)58-26-36-22-54(3,30-58)28-55(4,23-36)31-58)52-48(38-12-7-9-16-46(38)63-52)44-14-11-15-45(60-44)49-39-13-8-10-17-47(39)64-53(49)41-19-35(2)21-43(51(41)62)59-27-37-24-56(5,32-59)29-57(6,25-37)33-59/h7-21,36-37,61-62H,22-33H2,1-6H3. The zero-order chi connectivity index (χ0) is 43.8. The quantitative estimate of drug-likeness (QED) is 0.175. The second-order valence-electron chi connectivity index (χ2n) is 24.3. The smallest absolute Gasteiger partial charge is 0.128 e. The molecule has 0 saturated heterocycles. The van der Waals surface area contributed by atoms with Crippen molar-refractivity contribution < 1.29 is 10.2 Å². The number of phenols is 2. The van der Waals surface area contributed by atoms with Gasteiger partial charge in [-0.05, 0) is 172 Å². The molecule has 8 aliphatic carbocycles. The Hall–Kier alpha value is -4.45. The molecule has 2 N–H and O–H groups in total. The molecule has 4 unspecified atom stereocenters. The molecule has 8 saturated carbocycles. The van der Waals surface area contributed by atoms with Gasteiger partial charge in [0.2, 0.25) is 0 Å². The van der Waals surface area contributed by atoms with Crippen LogP contribution in [0.15, 0.2) is 91.0 Å². The van der Waals surface area contributed by atoms with E-state index in [0.717, 1.165) is 55.2 Å². The first-order valence-corrected chi connectivity index (χ1v) is 25.9. The molecule has 8 bridgehead atoms. The molecule has 0 radical (unpaired) electrons. The summed E-state index contributed by atoms with van der Waals surface area (Å²) in [5.74, 6) is 2.42. The molecule has 0 spiro atoms. The van der Waals surface area contributed by atoms with Crippen LogP contribution in [0.3, 0.4) is 0 Å². The van der Waals surface area contributed by atoms with E-state index in [4.69, 9.17) is 4.98 Å². The maximum absolute atomic E-state index is 12.8. The highest BCUT2D eigenvalue weighted by atomic mass is 32.1. The summed E-state index contributed by atoms with van der Waals surface area (Å²) in [4.78, 5) is 7.85. The summed E-state index contributed by atoms with van der Waals surface area (Å²) in [6, 6.07) is 33.1. The van der Waals surface area contributed by atoms with Crippen molar-refractivity contribution in [1.29, 1.82) is 0 Å². The lowest BCUT2D eigenvalue weighted by Crippen LogP contribution is -2.56. The van der Waals surface area contributed by atoms with Gasteiger partial charge in [-0.1, -0.05) is 82.3 Å². The molecule has 4 atom stereocenters. The van der Waals surface area contributed by atoms with E-state index >= 15 is 0 Å². The molecule has 4 aromatic carbocycles. The molecular weight excluding hydrogens is 819 g/mol. The lowest BCUT2D eigenvalue weighted by Gasteiger charge is -2.65. The molecule has 0 aliphatic heterocycles. The van der Waals surface area contributed by atoms with Crippen LogP contribution >= 0.6 is 22.7 Å². The van der Waals surface area contributed by atoms with Crippen LogP contribution in [0.1, 0.15) is 127 Å². The van der Waals surface area contributed by atoms with E-state index in [2.05, 4.69) is 133 Å². The predicted octanol–water partition coefficient (Wildman–Crippen LogP) is 16.7. The van der Waals surface area contributed by atoms with Crippen molar-refractivity contribution in [2.24, 2.45) is 33.5 Å². The van der Waals surface area contributed by atoms with E-state index in [0.29, 0.717) is 33.2 Å². The molecule has 15 rings (SSSR count). The fraction of sp³-hybridized carbons (Fsp3) is 0.441. The van der Waals surface area contributed by atoms with E-state index in [1.807, 2.05) is 0 Å². The summed E-state index contributed by atoms with van der Waals surface area (Å²) in [7, 11) is 0. The molecule has 5 heteroatoms. The van der Waals surface area contributed by atoms with Gasteiger partial charge in [0.25, 0.3) is 0 Å². The van der Waals surface area contributed by atoms with Crippen LogP contribution in [0.4, 0.5) is 0 Å². The zero-order valence-corrected chi connectivity index (χ0v) is 40.1. The van der Waals surface area contributed by atoms with Crippen LogP contribution < -0.4 is 0 Å². The minimum absolute atomic E-state index is 0.00596. The molecule has 8 aliphatic rings. The Morgan fingerprint density at radius 1 is 0.484 bits per heavy atom. The van der Waals surface area contributed by atoms with Gasteiger partial charge < -0.3 is 10.2 Å². The van der Waals surface area contributed by atoms with Crippen molar-refractivity contribution in [1.82, 2.24) is 4.98 Å². The van der Waals surface area contributed by atoms with Gasteiger partial charge in [0.1, 0.15) is 11.5 Å². The van der Waals surface area contributed by atoms with Crippen LogP contribution in [0.25, 0.3) is 63.6 Å². The second kappa shape index (κ2) is 13.1. The van der Waals surface area contributed by atoms with Gasteiger partial charge in [0.15, 0.2) is 0 Å². The summed E-state index contributed by atoms with van der Waals surface area (Å²) >= 11 is 3.56. The van der Waals surface area contributed by atoms with Crippen LogP contribution in [0.2, 0.25) is 0 Å². The number of phenolic OH excluding ortho intramolecular Hbond substituents is 2. The number of pyridine rings is 1. The van der Waals surface area contributed by atoms with Gasteiger partial charge in [-0.15, -0.1) is 22.7 Å². The third-order valence-electron chi connectivity index (χ3n) is 17.8. The molecular formula is C59H61NO2S2. The summed E-state index contributed by atoms with van der Waals surface area (Å²) in [5.41, 5.74) is 12.0. The number of nitrogens with zero attached hydrogens (tertiary/aromatic N) is 1. The van der Waals surface area contributed by atoms with Gasteiger partial charge in [-0.2, -0.15) is 0 Å². The highest BCUT2D eigenvalue weighted by Crippen LogP contribution is 2.72. The highest BCUT2D eigenvalue weighted by molar-refractivity contribution is 7.23. The Kier molecular flexibility index (Phi) is 8.18. The van der Waals surface area contributed by atoms with Gasteiger partial charge in [0, 0.05) is 74.1 Å². The van der Waals surface area contributed by atoms with Crippen molar-refractivity contribution in [3.63, 3.8) is 0 Å². The molecule has 8 fully saturated rings. The number of fused-ring (bicyclic) bond motifs is 2. The Balaban J connectivity index is 0.973. The molecule has 3 nitrogen and oxygen atoms in total. The average molecular weight is 880 g/mol. The molecule has 3 aromatic heterocycles. The number of hydrogen-bond acceptors (Lipinski definition) is 5. The van der Waals surface area contributed by atoms with Crippen molar-refractivity contribution >= 4 is 42.8 Å². The maximum Gasteiger partial charge on any atom is 0.128 e. The Bertz CT molecular complexity index is 2890. The average Bonchev–Trinajstić information content (AvgIpc) is 3.79. The van der Waals surface area contributed by atoms with Crippen LogP contribution in [0, 0.1) is 47.3 Å². The number of aryl methyl sites for hydroxylation is 2. The molecule has 7 aromatic rings. The summed E-state index contributed by atoms with van der Waals surface area (Å²) in [5, 5.41) is 27.9. The van der Waals surface area contributed by atoms with Gasteiger partial charge in [-0.3, -0.25) is 0 Å². The molecule has 0 amide bonds. The fourth-order valence-electron chi connectivity index (χ4n) is 17.9. The zero-order valence-electron chi connectivity index (χ0n) is 38.5. The third kappa shape index (κ3) is 5.84. The largest absolute Gasteiger partial charge is 0.507 e. The van der Waals surface area contributed by atoms with Gasteiger partial charge >= 0.3 is 0 Å². The summed E-state index contributed by atoms with van der Waals surface area (Å²) in [6.45, 7) is 14.6. The van der Waals surface area contributed by atoms with Crippen LogP contribution in [-0.4, -0.2) is 15.2 Å². The molecule has 3 heterocycles. The normalized spacial score (nSPS) is 33.5. The first kappa shape index (κ1) is 39.9. The van der Waals surface area contributed by atoms with Crippen molar-refractivity contribution in [2.75, 3.05) is 0 Å². The van der Waals surface area contributed by atoms with E-state index in [1.165, 1.54) is 119 Å². The van der Waals surface area contributed by atoms with E-state index in [-0.39, 0.29) is 10.8 Å². The number of thiophene rings is 2. The number of aromatic nitrogens is 1. The van der Waals surface area contributed by atoms with E-state index in [1.54, 1.807) is 22.7 Å². The third-order valence-corrected chi connectivity index (χ3v) is 20.3. The second-order valence-corrected chi connectivity index (χ2v) is 26.4. The minimum Gasteiger partial charge on any atom is -0.507 e. The van der Waals surface area contributed by atoms with Crippen LogP contribution in [-0.2, 0) is 10.8 Å². The van der Waals surface area contributed by atoms with Gasteiger partial charge in [0.05, 0.1) is 11.4 Å². The molecule has 64 heavy (non-hydrogen) atoms. The molecule has 326 valence electrons. The first-order chi connectivity index (χ1) is 30.5. The lowest BCUT2D eigenvalue weighted by atomic mass is 9.39. The number of rotatable bonds is 6. The summed E-state index contributed by atoms with van der Waals surface area (Å²) in [6.07, 6.45) is 15.0. The fourth-order valence-corrected chi connectivity index (χ4v) is 20.4. The first-order valence-electron chi connectivity index (χ1n) is 24.2. The predicted molar refractivity (Wildman–Crippen MR) is 268 cm³/mol. The van der Waals surface area contributed by atoms with E-state index in [9.17, 15) is 10.2 Å². The SMILES string of the molecule is Cc1cc(-c2sc3ccccc3c2-c2cccc(-c3c(-c4cc(C)cc(C56CC7CC(C)(CC(C)(C7)C5)C6)c4O)sc4ccccc34)n2)c(O)c(C23CC4CC(C)(CC(C)(C4)C2)C3)c1.